The largest absolute Gasteiger partial charge is 0.333 e. The summed E-state index contributed by atoms with van der Waals surface area (Å²) in [7, 11) is -3.07. The Balaban J connectivity index is 1.87. The lowest BCUT2D eigenvalue weighted by molar-refractivity contribution is -0.136. The normalized spacial score (nSPS) is 28.6. The van der Waals surface area contributed by atoms with E-state index in [9.17, 15) is 13.2 Å². The monoisotopic (exact) mass is 435 g/mol. The molecule has 3 atom stereocenters. The minimum atomic E-state index is -3.07. The lowest BCUT2D eigenvalue weighted by atomic mass is 10.1. The second-order valence-corrected chi connectivity index (χ2v) is 12.1. The van der Waals surface area contributed by atoms with Crippen molar-refractivity contribution in [3.05, 3.63) is 32.5 Å². The first-order chi connectivity index (χ1) is 12.0. The highest BCUT2D eigenvalue weighted by atomic mass is 35.5. The third-order valence-electron chi connectivity index (χ3n) is 5.70. The van der Waals surface area contributed by atoms with E-state index in [0.29, 0.717) is 13.0 Å². The molecule has 26 heavy (non-hydrogen) atoms. The first kappa shape index (κ1) is 20.2. The van der Waals surface area contributed by atoms with Crippen molar-refractivity contribution in [1.82, 2.24) is 4.90 Å². The lowest BCUT2D eigenvalue weighted by Gasteiger charge is -2.29. The van der Waals surface area contributed by atoms with Gasteiger partial charge in [0.25, 0.3) is 0 Å². The summed E-state index contributed by atoms with van der Waals surface area (Å²) in [5.41, 5.74) is 0.899. The average Bonchev–Trinajstić information content (AvgIpc) is 2.83. The lowest BCUT2D eigenvalue weighted by Crippen LogP contribution is -2.42. The van der Waals surface area contributed by atoms with E-state index in [1.807, 2.05) is 32.2 Å². The molecule has 1 aliphatic heterocycles. The van der Waals surface area contributed by atoms with Crippen molar-refractivity contribution in [3.8, 4) is 0 Å². The molecule has 2 heterocycles. The highest BCUT2D eigenvalue weighted by Crippen LogP contribution is 2.60. The fraction of sp³-hybridized carbons (Fsp3) is 0.611. The van der Waals surface area contributed by atoms with Crippen LogP contribution in [0.15, 0.2) is 22.0 Å². The Morgan fingerprint density at radius 2 is 2.12 bits per heavy atom. The number of sulfone groups is 1. The molecule has 4 nitrogen and oxygen atoms in total. The van der Waals surface area contributed by atoms with Gasteiger partial charge in [-0.3, -0.25) is 4.79 Å². The zero-order valence-electron chi connectivity index (χ0n) is 15.0. The molecule has 1 amide bonds. The number of nitrogens with zero attached hydrogens (tertiary/aromatic N) is 1. The molecule has 1 aliphatic carbocycles. The van der Waals surface area contributed by atoms with Gasteiger partial charge in [0.15, 0.2) is 9.84 Å². The number of rotatable bonds is 5. The van der Waals surface area contributed by atoms with Crippen LogP contribution in [0.1, 0.15) is 30.7 Å². The second-order valence-electron chi connectivity index (χ2n) is 7.83. The number of amides is 1. The molecule has 1 aromatic heterocycles. The van der Waals surface area contributed by atoms with E-state index in [1.165, 1.54) is 0 Å². The molecule has 1 aromatic rings. The summed E-state index contributed by atoms with van der Waals surface area (Å²) in [4.78, 5) is 16.3. The number of aryl methyl sites for hydroxylation is 1. The summed E-state index contributed by atoms with van der Waals surface area (Å²) in [6.45, 7) is 6.51. The molecule has 0 bridgehead atoms. The molecule has 1 saturated carbocycles. The van der Waals surface area contributed by atoms with E-state index in [4.69, 9.17) is 23.2 Å². The summed E-state index contributed by atoms with van der Waals surface area (Å²) in [5.74, 6) is -0.0488. The first-order valence-electron chi connectivity index (χ1n) is 8.59. The average molecular weight is 436 g/mol. The van der Waals surface area contributed by atoms with Crippen LogP contribution in [-0.2, 0) is 21.2 Å². The zero-order chi connectivity index (χ0) is 19.3. The Labute approximate surface area is 169 Å². The van der Waals surface area contributed by atoms with Crippen molar-refractivity contribution < 1.29 is 13.2 Å². The third kappa shape index (κ3) is 3.98. The Morgan fingerprint density at radius 3 is 2.62 bits per heavy atom. The summed E-state index contributed by atoms with van der Waals surface area (Å²) >= 11 is 13.2. The fourth-order valence-corrected chi connectivity index (χ4v) is 6.81. The SMILES string of the molecule is Cc1ccsc1CN(C(=O)[C@@H]1[C@H](C=C(Cl)Cl)C1(C)C)[C@H]1CCS(=O)(=O)C1. The van der Waals surface area contributed by atoms with Crippen molar-refractivity contribution in [2.24, 2.45) is 17.3 Å². The maximum Gasteiger partial charge on any atom is 0.227 e. The molecule has 2 aliphatic rings. The summed E-state index contributed by atoms with van der Waals surface area (Å²) in [6, 6.07) is 1.76. The molecule has 0 aromatic carbocycles. The standard InChI is InChI=1S/C18H23Cl2NO3S2/c1-11-4-6-25-14(11)9-21(12-5-7-26(23,24)10-12)17(22)16-13(8-15(19)20)18(16,2)3/h4,6,8,12-13,16H,5,7,9-10H2,1-3H3/t12-,13-,16-/m0/s1. The van der Waals surface area contributed by atoms with Crippen LogP contribution in [0.4, 0.5) is 0 Å². The molecular formula is C18H23Cl2NO3S2. The number of hydrogen-bond acceptors (Lipinski definition) is 4. The van der Waals surface area contributed by atoms with Gasteiger partial charge in [-0.25, -0.2) is 8.42 Å². The Bertz CT molecular complexity index is 840. The predicted octanol–water partition coefficient (Wildman–Crippen LogP) is 4.16. The molecule has 0 unspecified atom stereocenters. The van der Waals surface area contributed by atoms with E-state index in [-0.39, 0.29) is 45.2 Å². The van der Waals surface area contributed by atoms with Crippen molar-refractivity contribution >= 4 is 50.3 Å². The fourth-order valence-electron chi connectivity index (χ4n) is 3.90. The molecule has 2 fully saturated rings. The number of carbonyl (C=O) groups excluding carboxylic acids is 1. The maximum atomic E-state index is 13.4. The second kappa shape index (κ2) is 7.12. The van der Waals surface area contributed by atoms with Crippen LogP contribution < -0.4 is 0 Å². The topological polar surface area (TPSA) is 54.5 Å². The van der Waals surface area contributed by atoms with Crippen LogP contribution in [0.3, 0.4) is 0 Å². The summed E-state index contributed by atoms with van der Waals surface area (Å²) in [6.07, 6.45) is 2.23. The molecule has 0 radical (unpaired) electrons. The van der Waals surface area contributed by atoms with Crippen LogP contribution in [0, 0.1) is 24.2 Å². The Kier molecular flexibility index (Phi) is 5.52. The van der Waals surface area contributed by atoms with Crippen LogP contribution in [0.2, 0.25) is 0 Å². The van der Waals surface area contributed by atoms with Gasteiger partial charge in [0, 0.05) is 10.9 Å². The molecule has 0 spiro atoms. The number of allylic oxidation sites excluding steroid dienone is 1. The summed E-state index contributed by atoms with van der Waals surface area (Å²) < 4.78 is 24.1. The quantitative estimate of drug-likeness (QED) is 0.697. The van der Waals surface area contributed by atoms with E-state index in [2.05, 4.69) is 0 Å². The number of carbonyl (C=O) groups is 1. The van der Waals surface area contributed by atoms with Crippen LogP contribution >= 0.6 is 34.5 Å². The third-order valence-corrected chi connectivity index (χ3v) is 8.71. The van der Waals surface area contributed by atoms with Gasteiger partial charge in [-0.05, 0) is 47.8 Å². The van der Waals surface area contributed by atoms with E-state index >= 15 is 0 Å². The molecular weight excluding hydrogens is 413 g/mol. The van der Waals surface area contributed by atoms with Gasteiger partial charge in [-0.1, -0.05) is 37.0 Å². The van der Waals surface area contributed by atoms with Crippen LogP contribution in [-0.4, -0.2) is 36.8 Å². The minimum absolute atomic E-state index is 0.000679. The van der Waals surface area contributed by atoms with Gasteiger partial charge < -0.3 is 4.90 Å². The zero-order valence-corrected chi connectivity index (χ0v) is 18.2. The molecule has 144 valence electrons. The Hall–Kier alpha value is -0.560. The number of halogens is 2. The van der Waals surface area contributed by atoms with Crippen LogP contribution in [0.25, 0.3) is 0 Å². The molecule has 1 saturated heterocycles. The predicted molar refractivity (Wildman–Crippen MR) is 107 cm³/mol. The van der Waals surface area contributed by atoms with Gasteiger partial charge in [-0.2, -0.15) is 0 Å². The van der Waals surface area contributed by atoms with Crippen molar-refractivity contribution in [3.63, 3.8) is 0 Å². The van der Waals surface area contributed by atoms with Gasteiger partial charge in [0.05, 0.1) is 24.0 Å². The van der Waals surface area contributed by atoms with Crippen LogP contribution in [0.5, 0.6) is 0 Å². The van der Waals surface area contributed by atoms with Gasteiger partial charge in [0.1, 0.15) is 4.49 Å². The van der Waals surface area contributed by atoms with Gasteiger partial charge in [-0.15, -0.1) is 11.3 Å². The maximum absolute atomic E-state index is 13.4. The van der Waals surface area contributed by atoms with E-state index < -0.39 is 9.84 Å². The highest BCUT2D eigenvalue weighted by molar-refractivity contribution is 7.91. The minimum Gasteiger partial charge on any atom is -0.333 e. The highest BCUT2D eigenvalue weighted by Gasteiger charge is 2.62. The first-order valence-corrected chi connectivity index (χ1v) is 12.1. The van der Waals surface area contributed by atoms with E-state index in [0.717, 1.165) is 10.4 Å². The van der Waals surface area contributed by atoms with Crippen molar-refractivity contribution in [2.75, 3.05) is 11.5 Å². The van der Waals surface area contributed by atoms with E-state index in [1.54, 1.807) is 22.3 Å². The smallest absolute Gasteiger partial charge is 0.227 e. The summed E-state index contributed by atoms with van der Waals surface area (Å²) in [5, 5.41) is 2.00. The van der Waals surface area contributed by atoms with Crippen molar-refractivity contribution in [2.45, 2.75) is 39.8 Å². The van der Waals surface area contributed by atoms with Crippen molar-refractivity contribution in [1.29, 1.82) is 0 Å². The van der Waals surface area contributed by atoms with Gasteiger partial charge in [0.2, 0.25) is 5.91 Å². The number of thiophene rings is 1. The molecule has 3 rings (SSSR count). The Morgan fingerprint density at radius 1 is 1.42 bits per heavy atom. The van der Waals surface area contributed by atoms with Gasteiger partial charge >= 0.3 is 0 Å². The molecule has 8 heteroatoms. The number of hydrogen-bond donors (Lipinski definition) is 0. The molecule has 0 N–H and O–H groups in total.